The molecule has 0 aliphatic carbocycles. The molecule has 1 aliphatic heterocycles. The molecule has 0 saturated carbocycles. The minimum Gasteiger partial charge on any atom is -0.489 e. The zero-order valence-corrected chi connectivity index (χ0v) is 16.3. The van der Waals surface area contributed by atoms with Gasteiger partial charge in [0, 0.05) is 6.54 Å². The summed E-state index contributed by atoms with van der Waals surface area (Å²) in [7, 11) is 0. The van der Waals surface area contributed by atoms with Crippen LogP contribution in [0.25, 0.3) is 6.08 Å². The fraction of sp³-hybridized carbons (Fsp3) is 0.150. The van der Waals surface area contributed by atoms with Gasteiger partial charge in [-0.15, -0.1) is 0 Å². The maximum Gasteiger partial charge on any atom is 0.305 e. The van der Waals surface area contributed by atoms with Gasteiger partial charge >= 0.3 is 5.97 Å². The molecule has 0 bridgehead atoms. The highest BCUT2D eigenvalue weighted by Gasteiger charge is 2.31. The molecule has 5 nitrogen and oxygen atoms in total. The van der Waals surface area contributed by atoms with Gasteiger partial charge in [0.1, 0.15) is 22.5 Å². The van der Waals surface area contributed by atoms with Gasteiger partial charge in [-0.1, -0.05) is 48.2 Å². The van der Waals surface area contributed by atoms with Crippen molar-refractivity contribution >= 4 is 46.3 Å². The summed E-state index contributed by atoms with van der Waals surface area (Å²) in [5, 5.41) is 8.77. The van der Waals surface area contributed by atoms with E-state index in [1.165, 1.54) is 17.0 Å². The van der Waals surface area contributed by atoms with Crippen LogP contribution in [-0.2, 0) is 16.2 Å². The van der Waals surface area contributed by atoms with Crippen molar-refractivity contribution in [2.75, 3.05) is 6.54 Å². The standard InChI is InChI=1S/C20H16FNO4S2/c21-15-5-1-14(2-6-15)12-26-16-7-3-13(4-8-16)11-17-19(25)22(20(27)28-17)10-9-18(23)24/h1-8,11H,9-10,12H2,(H,23,24)/b17-11+. The number of hydrogen-bond donors (Lipinski definition) is 1. The Morgan fingerprint density at radius 1 is 1.18 bits per heavy atom. The van der Waals surface area contributed by atoms with Gasteiger partial charge in [-0.25, -0.2) is 4.39 Å². The number of benzene rings is 2. The van der Waals surface area contributed by atoms with E-state index in [9.17, 15) is 14.0 Å². The second-order valence-electron chi connectivity index (χ2n) is 5.96. The Hall–Kier alpha value is -2.71. The monoisotopic (exact) mass is 417 g/mol. The van der Waals surface area contributed by atoms with Gasteiger partial charge in [0.05, 0.1) is 11.3 Å². The number of halogens is 1. The summed E-state index contributed by atoms with van der Waals surface area (Å²) < 4.78 is 18.9. The van der Waals surface area contributed by atoms with Gasteiger partial charge in [-0.05, 0) is 41.5 Å². The van der Waals surface area contributed by atoms with Crippen molar-refractivity contribution in [3.05, 3.63) is 70.4 Å². The average Bonchev–Trinajstić information content (AvgIpc) is 2.93. The molecule has 2 aromatic carbocycles. The minimum atomic E-state index is -0.978. The van der Waals surface area contributed by atoms with Gasteiger partial charge in [0.15, 0.2) is 0 Å². The predicted octanol–water partition coefficient (Wildman–Crippen LogP) is 4.08. The number of thiocarbonyl (C=S) groups is 1. The number of carboxylic acid groups (broad SMARTS) is 1. The predicted molar refractivity (Wildman–Crippen MR) is 109 cm³/mol. The third kappa shape index (κ3) is 5.17. The van der Waals surface area contributed by atoms with Crippen molar-refractivity contribution in [1.29, 1.82) is 0 Å². The molecule has 1 aliphatic rings. The molecule has 8 heteroatoms. The van der Waals surface area contributed by atoms with Crippen LogP contribution in [0, 0.1) is 5.82 Å². The number of aliphatic carboxylic acids is 1. The summed E-state index contributed by atoms with van der Waals surface area (Å²) in [5.74, 6) is -0.904. The molecule has 1 N–H and O–H groups in total. The fourth-order valence-electron chi connectivity index (χ4n) is 2.46. The van der Waals surface area contributed by atoms with E-state index in [0.29, 0.717) is 21.6 Å². The van der Waals surface area contributed by atoms with Crippen LogP contribution < -0.4 is 4.74 Å². The largest absolute Gasteiger partial charge is 0.489 e. The Balaban J connectivity index is 1.61. The number of carboxylic acids is 1. The maximum atomic E-state index is 12.9. The second kappa shape index (κ2) is 8.99. The van der Waals surface area contributed by atoms with E-state index in [0.717, 1.165) is 22.9 Å². The van der Waals surface area contributed by atoms with E-state index < -0.39 is 5.97 Å². The van der Waals surface area contributed by atoms with Crippen LogP contribution in [0.4, 0.5) is 4.39 Å². The smallest absolute Gasteiger partial charge is 0.305 e. The molecule has 2 aromatic rings. The zero-order chi connectivity index (χ0) is 20.1. The first-order valence-electron chi connectivity index (χ1n) is 8.37. The Kier molecular flexibility index (Phi) is 6.43. The van der Waals surface area contributed by atoms with Gasteiger partial charge in [-0.3, -0.25) is 14.5 Å². The second-order valence-corrected chi connectivity index (χ2v) is 7.64. The van der Waals surface area contributed by atoms with E-state index >= 15 is 0 Å². The highest BCUT2D eigenvalue weighted by molar-refractivity contribution is 8.26. The van der Waals surface area contributed by atoms with Crippen LogP contribution in [0.3, 0.4) is 0 Å². The molecule has 1 amide bonds. The number of hydrogen-bond acceptors (Lipinski definition) is 5. The molecular formula is C20H16FNO4S2. The first-order chi connectivity index (χ1) is 13.4. The normalized spacial score (nSPS) is 15.3. The average molecular weight is 417 g/mol. The molecular weight excluding hydrogens is 401 g/mol. The van der Waals surface area contributed by atoms with Crippen LogP contribution in [0.5, 0.6) is 5.75 Å². The lowest BCUT2D eigenvalue weighted by Gasteiger charge is -2.12. The molecule has 144 valence electrons. The number of rotatable bonds is 7. The quantitative estimate of drug-likeness (QED) is 0.541. The molecule has 1 heterocycles. The Bertz CT molecular complexity index is 926. The molecule has 0 spiro atoms. The molecule has 0 atom stereocenters. The lowest BCUT2D eigenvalue weighted by atomic mass is 10.2. The molecule has 0 aromatic heterocycles. The highest BCUT2D eigenvalue weighted by atomic mass is 32.2. The number of carbonyl (C=O) groups is 2. The van der Waals surface area contributed by atoms with Crippen molar-refractivity contribution in [2.24, 2.45) is 0 Å². The van der Waals surface area contributed by atoms with E-state index in [1.54, 1.807) is 30.3 Å². The number of carbonyl (C=O) groups excluding carboxylic acids is 1. The van der Waals surface area contributed by atoms with Crippen LogP contribution in [0.15, 0.2) is 53.4 Å². The van der Waals surface area contributed by atoms with Crippen molar-refractivity contribution in [1.82, 2.24) is 4.90 Å². The zero-order valence-electron chi connectivity index (χ0n) is 14.6. The third-order valence-corrected chi connectivity index (χ3v) is 5.30. The van der Waals surface area contributed by atoms with E-state index in [1.807, 2.05) is 12.1 Å². The van der Waals surface area contributed by atoms with Crippen molar-refractivity contribution in [3.8, 4) is 5.75 Å². The SMILES string of the molecule is O=C(O)CCN1C(=O)/C(=C\c2ccc(OCc3ccc(F)cc3)cc2)SC1=S. The summed E-state index contributed by atoms with van der Waals surface area (Å²) in [6.45, 7) is 0.384. The Morgan fingerprint density at radius 3 is 2.50 bits per heavy atom. The fourth-order valence-corrected chi connectivity index (χ4v) is 3.77. The molecule has 3 rings (SSSR count). The molecule has 0 radical (unpaired) electrons. The van der Waals surface area contributed by atoms with E-state index in [-0.39, 0.29) is 24.7 Å². The van der Waals surface area contributed by atoms with Gasteiger partial charge in [0.2, 0.25) is 0 Å². The highest BCUT2D eigenvalue weighted by Crippen LogP contribution is 2.32. The summed E-state index contributed by atoms with van der Waals surface area (Å²) in [4.78, 5) is 24.8. The number of thioether (sulfide) groups is 1. The van der Waals surface area contributed by atoms with E-state index in [4.69, 9.17) is 22.1 Å². The molecule has 28 heavy (non-hydrogen) atoms. The van der Waals surface area contributed by atoms with Crippen molar-refractivity contribution < 1.29 is 23.8 Å². The Labute approximate surface area is 170 Å². The maximum absolute atomic E-state index is 12.9. The number of ether oxygens (including phenoxy) is 1. The summed E-state index contributed by atoms with van der Waals surface area (Å²) in [5.41, 5.74) is 1.66. The topological polar surface area (TPSA) is 66.8 Å². The van der Waals surface area contributed by atoms with Crippen LogP contribution >= 0.6 is 24.0 Å². The summed E-state index contributed by atoms with van der Waals surface area (Å²) in [6, 6.07) is 13.3. The molecule has 0 unspecified atom stereocenters. The molecule has 1 fully saturated rings. The molecule has 1 saturated heterocycles. The third-order valence-electron chi connectivity index (χ3n) is 3.92. The lowest BCUT2D eigenvalue weighted by molar-refractivity contribution is -0.137. The van der Waals surface area contributed by atoms with Crippen molar-refractivity contribution in [2.45, 2.75) is 13.0 Å². The van der Waals surface area contributed by atoms with Crippen molar-refractivity contribution in [3.63, 3.8) is 0 Å². The first kappa shape index (κ1) is 20.0. The Morgan fingerprint density at radius 2 is 1.86 bits per heavy atom. The van der Waals surface area contributed by atoms with Gasteiger partial charge in [0.25, 0.3) is 5.91 Å². The minimum absolute atomic E-state index is 0.0630. The number of amides is 1. The first-order valence-corrected chi connectivity index (χ1v) is 9.59. The van der Waals surface area contributed by atoms with Crippen LogP contribution in [-0.4, -0.2) is 32.7 Å². The van der Waals surface area contributed by atoms with Crippen LogP contribution in [0.2, 0.25) is 0 Å². The van der Waals surface area contributed by atoms with E-state index in [2.05, 4.69) is 0 Å². The summed E-state index contributed by atoms with van der Waals surface area (Å²) >= 11 is 6.32. The summed E-state index contributed by atoms with van der Waals surface area (Å²) in [6.07, 6.45) is 1.56. The number of nitrogens with zero attached hydrogens (tertiary/aromatic N) is 1. The lowest BCUT2D eigenvalue weighted by Crippen LogP contribution is -2.30. The van der Waals surface area contributed by atoms with Gasteiger partial charge < -0.3 is 9.84 Å². The van der Waals surface area contributed by atoms with Gasteiger partial charge in [-0.2, -0.15) is 0 Å². The van der Waals surface area contributed by atoms with Crippen LogP contribution in [0.1, 0.15) is 17.5 Å².